The molecule has 3 aromatic rings. The van der Waals surface area contributed by atoms with Gasteiger partial charge in [-0.05, 0) is 40.5 Å². The van der Waals surface area contributed by atoms with Gasteiger partial charge in [-0.25, -0.2) is 0 Å². The second-order valence-corrected chi connectivity index (χ2v) is 8.84. The van der Waals surface area contributed by atoms with Gasteiger partial charge in [0.2, 0.25) is 5.91 Å². The summed E-state index contributed by atoms with van der Waals surface area (Å²) in [7, 11) is 0. The van der Waals surface area contributed by atoms with Crippen molar-refractivity contribution in [1.82, 2.24) is 4.90 Å². The maximum Gasteiger partial charge on any atom is 0.242 e. The number of hydrogen-bond donors (Lipinski definition) is 0. The molecule has 29 heavy (non-hydrogen) atoms. The quantitative estimate of drug-likeness (QED) is 0.350. The average molecular weight is 466 g/mol. The van der Waals surface area contributed by atoms with Crippen molar-refractivity contribution in [2.75, 3.05) is 0 Å². The van der Waals surface area contributed by atoms with Crippen LogP contribution in [0, 0.1) is 0 Å². The molecule has 1 heterocycles. The third-order valence-corrected chi connectivity index (χ3v) is 6.68. The first-order valence-corrected chi connectivity index (χ1v) is 11.1. The Morgan fingerprint density at radius 1 is 1.07 bits per heavy atom. The lowest BCUT2D eigenvalue weighted by Crippen LogP contribution is -2.31. The summed E-state index contributed by atoms with van der Waals surface area (Å²) >= 11 is 4.92. The molecular weight excluding hydrogens is 446 g/mol. The smallest absolute Gasteiger partial charge is 0.242 e. The molecule has 1 aliphatic heterocycles. The number of amidine groups is 1. The van der Waals surface area contributed by atoms with E-state index in [1.54, 1.807) is 11.1 Å². The van der Waals surface area contributed by atoms with E-state index in [9.17, 15) is 4.79 Å². The first-order chi connectivity index (χ1) is 14.2. The number of nitrogens with zero attached hydrogens (tertiary/aromatic N) is 3. The summed E-state index contributed by atoms with van der Waals surface area (Å²) in [6.45, 7) is 2.52. The van der Waals surface area contributed by atoms with Crippen LogP contribution in [0.2, 0.25) is 0 Å². The molecule has 0 spiro atoms. The number of thioether (sulfide) groups is 1. The standard InChI is InChI=1S/C23H20BrN3OS/c1-2-21-22(28)27(15-18-8-5-7-17-6-3-4-9-20(17)18)23(29-21)26-25-14-16-10-12-19(24)13-11-16/h3-14,21H,2,15H2,1H3/b25-14-,26-23+/t21-/m1/s1. The van der Waals surface area contributed by atoms with Crippen molar-refractivity contribution in [3.63, 3.8) is 0 Å². The second kappa shape index (κ2) is 8.93. The molecule has 0 radical (unpaired) electrons. The Kier molecular flexibility index (Phi) is 6.11. The molecule has 4 rings (SSSR count). The number of fused-ring (bicyclic) bond motifs is 1. The zero-order chi connectivity index (χ0) is 20.2. The number of amides is 1. The number of hydrogen-bond acceptors (Lipinski definition) is 4. The summed E-state index contributed by atoms with van der Waals surface area (Å²) in [5.41, 5.74) is 2.07. The van der Waals surface area contributed by atoms with Crippen LogP contribution in [0.1, 0.15) is 24.5 Å². The topological polar surface area (TPSA) is 45.0 Å². The average Bonchev–Trinajstić information content (AvgIpc) is 3.04. The summed E-state index contributed by atoms with van der Waals surface area (Å²) < 4.78 is 1.02. The molecule has 1 aliphatic rings. The van der Waals surface area contributed by atoms with Crippen LogP contribution < -0.4 is 0 Å². The van der Waals surface area contributed by atoms with Crippen LogP contribution in [-0.4, -0.2) is 27.4 Å². The van der Waals surface area contributed by atoms with Gasteiger partial charge in [0, 0.05) is 4.47 Å². The fourth-order valence-electron chi connectivity index (χ4n) is 3.28. The van der Waals surface area contributed by atoms with Crippen molar-refractivity contribution in [3.05, 3.63) is 82.3 Å². The number of halogens is 1. The van der Waals surface area contributed by atoms with Crippen LogP contribution in [0.15, 0.2) is 81.4 Å². The fourth-order valence-corrected chi connectivity index (χ4v) is 4.57. The lowest BCUT2D eigenvalue weighted by molar-refractivity contribution is -0.126. The number of carbonyl (C=O) groups is 1. The Balaban J connectivity index is 1.61. The SMILES string of the molecule is CC[C@H]1S/C(=N/N=C\c2ccc(Br)cc2)N(Cc2cccc3ccccc23)C1=O. The van der Waals surface area contributed by atoms with Gasteiger partial charge in [0.05, 0.1) is 18.0 Å². The highest BCUT2D eigenvalue weighted by atomic mass is 79.9. The molecular formula is C23H20BrN3OS. The number of benzene rings is 3. The summed E-state index contributed by atoms with van der Waals surface area (Å²) in [5, 5.41) is 11.5. The normalized spacial score (nSPS) is 18.4. The monoisotopic (exact) mass is 465 g/mol. The highest BCUT2D eigenvalue weighted by molar-refractivity contribution is 9.10. The van der Waals surface area contributed by atoms with Crippen LogP contribution >= 0.6 is 27.7 Å². The predicted octanol–water partition coefficient (Wildman–Crippen LogP) is 5.85. The summed E-state index contributed by atoms with van der Waals surface area (Å²) in [5.74, 6) is 0.100. The van der Waals surface area contributed by atoms with Crippen molar-refractivity contribution >= 4 is 55.8 Å². The molecule has 146 valence electrons. The van der Waals surface area contributed by atoms with E-state index in [1.807, 2.05) is 49.4 Å². The number of carbonyl (C=O) groups excluding carboxylic acids is 1. The molecule has 0 N–H and O–H groups in total. The van der Waals surface area contributed by atoms with E-state index >= 15 is 0 Å². The lowest BCUT2D eigenvalue weighted by Gasteiger charge is -2.17. The minimum atomic E-state index is -0.105. The molecule has 0 aliphatic carbocycles. The van der Waals surface area contributed by atoms with Gasteiger partial charge in [-0.2, -0.15) is 5.10 Å². The lowest BCUT2D eigenvalue weighted by atomic mass is 10.0. The van der Waals surface area contributed by atoms with E-state index in [0.717, 1.165) is 27.4 Å². The molecule has 1 saturated heterocycles. The molecule has 4 nitrogen and oxygen atoms in total. The van der Waals surface area contributed by atoms with Gasteiger partial charge >= 0.3 is 0 Å². The van der Waals surface area contributed by atoms with Crippen LogP contribution in [0.25, 0.3) is 10.8 Å². The van der Waals surface area contributed by atoms with Crippen molar-refractivity contribution in [1.29, 1.82) is 0 Å². The molecule has 1 amide bonds. The van der Waals surface area contributed by atoms with E-state index in [0.29, 0.717) is 11.7 Å². The molecule has 1 fully saturated rings. The molecule has 0 unspecified atom stereocenters. The van der Waals surface area contributed by atoms with Crippen LogP contribution in [0.5, 0.6) is 0 Å². The molecule has 0 aromatic heterocycles. The third kappa shape index (κ3) is 4.43. The number of rotatable bonds is 5. The van der Waals surface area contributed by atoms with Crippen molar-refractivity contribution < 1.29 is 4.79 Å². The van der Waals surface area contributed by atoms with Gasteiger partial charge in [-0.15, -0.1) is 5.10 Å². The van der Waals surface area contributed by atoms with Crippen LogP contribution in [-0.2, 0) is 11.3 Å². The second-order valence-electron chi connectivity index (χ2n) is 6.76. The van der Waals surface area contributed by atoms with Gasteiger partial charge in [0.1, 0.15) is 0 Å². The first-order valence-electron chi connectivity index (χ1n) is 9.47. The molecule has 6 heteroatoms. The first kappa shape index (κ1) is 19.9. The zero-order valence-corrected chi connectivity index (χ0v) is 18.4. The van der Waals surface area contributed by atoms with Crippen LogP contribution in [0.4, 0.5) is 0 Å². The molecule has 3 aromatic carbocycles. The maximum atomic E-state index is 12.9. The highest BCUT2D eigenvalue weighted by Crippen LogP contribution is 2.32. The van der Waals surface area contributed by atoms with Gasteiger partial charge < -0.3 is 0 Å². The van der Waals surface area contributed by atoms with Crippen molar-refractivity contribution in [2.24, 2.45) is 10.2 Å². The van der Waals surface area contributed by atoms with E-state index in [1.165, 1.54) is 17.1 Å². The minimum Gasteiger partial charge on any atom is -0.284 e. The van der Waals surface area contributed by atoms with Gasteiger partial charge in [0.15, 0.2) is 5.17 Å². The van der Waals surface area contributed by atoms with Gasteiger partial charge in [-0.3, -0.25) is 9.69 Å². The van der Waals surface area contributed by atoms with E-state index < -0.39 is 0 Å². The van der Waals surface area contributed by atoms with Crippen molar-refractivity contribution in [2.45, 2.75) is 25.1 Å². The Hall–Kier alpha value is -2.44. The summed E-state index contributed by atoms with van der Waals surface area (Å²) in [6, 6.07) is 22.3. The highest BCUT2D eigenvalue weighted by Gasteiger charge is 2.37. The maximum absolute atomic E-state index is 12.9. The molecule has 0 bridgehead atoms. The Bertz CT molecular complexity index is 1090. The van der Waals surface area contributed by atoms with Crippen LogP contribution in [0.3, 0.4) is 0 Å². The molecule has 1 atom stereocenters. The minimum absolute atomic E-state index is 0.100. The Morgan fingerprint density at radius 3 is 2.62 bits per heavy atom. The Labute approximate surface area is 182 Å². The largest absolute Gasteiger partial charge is 0.284 e. The predicted molar refractivity (Wildman–Crippen MR) is 125 cm³/mol. The van der Waals surface area contributed by atoms with Crippen molar-refractivity contribution in [3.8, 4) is 0 Å². The van der Waals surface area contributed by atoms with E-state index in [4.69, 9.17) is 0 Å². The Morgan fingerprint density at radius 2 is 1.83 bits per heavy atom. The van der Waals surface area contributed by atoms with Gasteiger partial charge in [0.25, 0.3) is 0 Å². The fraction of sp³-hybridized carbons (Fsp3) is 0.174. The molecule has 0 saturated carbocycles. The third-order valence-electron chi connectivity index (χ3n) is 4.82. The van der Waals surface area contributed by atoms with Gasteiger partial charge in [-0.1, -0.05) is 89.2 Å². The van der Waals surface area contributed by atoms with E-state index in [-0.39, 0.29) is 11.2 Å². The zero-order valence-electron chi connectivity index (χ0n) is 16.0. The summed E-state index contributed by atoms with van der Waals surface area (Å²) in [4.78, 5) is 14.7. The summed E-state index contributed by atoms with van der Waals surface area (Å²) in [6.07, 6.45) is 2.48. The van der Waals surface area contributed by atoms with E-state index in [2.05, 4.69) is 50.4 Å².